The molecule has 0 amide bonds. The van der Waals surface area contributed by atoms with E-state index in [-0.39, 0.29) is 11.3 Å². The number of aromatic hydroxyl groups is 1. The molecule has 23 heavy (non-hydrogen) atoms. The number of anilines is 1. The smallest absolute Gasteiger partial charge is 0.202 e. The number of aryl methyl sites for hydroxylation is 1. The fourth-order valence-corrected chi connectivity index (χ4v) is 3.20. The van der Waals surface area contributed by atoms with E-state index < -0.39 is 0 Å². The van der Waals surface area contributed by atoms with Crippen molar-refractivity contribution in [1.82, 2.24) is 9.55 Å². The van der Waals surface area contributed by atoms with Crippen LogP contribution in [0.5, 0.6) is 5.88 Å². The molecular weight excluding hydrogens is 286 g/mol. The second-order valence-corrected chi connectivity index (χ2v) is 7.48. The minimum absolute atomic E-state index is 0.177. The van der Waals surface area contributed by atoms with Crippen molar-refractivity contribution in [3.8, 4) is 5.88 Å². The molecule has 122 valence electrons. The van der Waals surface area contributed by atoms with Gasteiger partial charge in [0.15, 0.2) is 0 Å². The monoisotopic (exact) mass is 311 g/mol. The number of nitrogen functional groups attached to an aromatic ring is 1. The number of rotatable bonds is 3. The number of benzene rings is 1. The van der Waals surface area contributed by atoms with Gasteiger partial charge in [0.05, 0.1) is 22.1 Å². The molecule has 0 aliphatic heterocycles. The molecule has 0 radical (unpaired) electrons. The highest BCUT2D eigenvalue weighted by Crippen LogP contribution is 2.37. The highest BCUT2D eigenvalue weighted by Gasteiger charge is 2.19. The average molecular weight is 311 g/mol. The topological polar surface area (TPSA) is 64.1 Å². The van der Waals surface area contributed by atoms with Gasteiger partial charge < -0.3 is 15.4 Å². The predicted octanol–water partition coefficient (Wildman–Crippen LogP) is 4.48. The molecule has 0 fully saturated rings. The number of hydrogen-bond acceptors (Lipinski definition) is 3. The van der Waals surface area contributed by atoms with Gasteiger partial charge in [-0.25, -0.2) is 4.98 Å². The van der Waals surface area contributed by atoms with Gasteiger partial charge in [0, 0.05) is 18.1 Å². The Bertz CT molecular complexity index is 872. The second kappa shape index (κ2) is 5.44. The van der Waals surface area contributed by atoms with Gasteiger partial charge in [-0.1, -0.05) is 45.9 Å². The van der Waals surface area contributed by atoms with E-state index in [4.69, 9.17) is 10.7 Å². The minimum Gasteiger partial charge on any atom is -0.494 e. The zero-order valence-electron chi connectivity index (χ0n) is 14.3. The van der Waals surface area contributed by atoms with Crippen LogP contribution in [0, 0.1) is 5.41 Å². The summed E-state index contributed by atoms with van der Waals surface area (Å²) in [5.74, 6) is 0.218. The lowest BCUT2D eigenvalue weighted by atomic mass is 9.87. The maximum Gasteiger partial charge on any atom is 0.202 e. The van der Waals surface area contributed by atoms with Gasteiger partial charge in [-0.3, -0.25) is 0 Å². The first-order chi connectivity index (χ1) is 10.8. The Kier molecular flexibility index (Phi) is 3.71. The van der Waals surface area contributed by atoms with Gasteiger partial charge in [0.25, 0.3) is 0 Å². The predicted molar refractivity (Wildman–Crippen MR) is 96.8 cm³/mol. The molecule has 3 aromatic rings. The quantitative estimate of drug-likeness (QED) is 0.749. The van der Waals surface area contributed by atoms with E-state index in [0.717, 1.165) is 35.8 Å². The summed E-state index contributed by atoms with van der Waals surface area (Å²) in [5.41, 5.74) is 10.1. The van der Waals surface area contributed by atoms with Gasteiger partial charge in [0.2, 0.25) is 5.88 Å². The minimum atomic E-state index is 0.177. The summed E-state index contributed by atoms with van der Waals surface area (Å²) in [7, 11) is 0. The van der Waals surface area contributed by atoms with Crippen molar-refractivity contribution in [2.75, 3.05) is 5.73 Å². The van der Waals surface area contributed by atoms with Crippen LogP contribution in [0.15, 0.2) is 24.4 Å². The van der Waals surface area contributed by atoms with E-state index >= 15 is 0 Å². The lowest BCUT2D eigenvalue weighted by Gasteiger charge is -2.19. The lowest BCUT2D eigenvalue weighted by molar-refractivity contribution is 0.412. The first kappa shape index (κ1) is 15.7. The van der Waals surface area contributed by atoms with Crippen LogP contribution in [-0.2, 0) is 13.0 Å². The summed E-state index contributed by atoms with van der Waals surface area (Å²) in [6, 6.07) is 6.13. The van der Waals surface area contributed by atoms with Gasteiger partial charge >= 0.3 is 0 Å². The van der Waals surface area contributed by atoms with Gasteiger partial charge in [-0.2, -0.15) is 0 Å². The van der Waals surface area contributed by atoms with Gasteiger partial charge in [0.1, 0.15) is 0 Å². The molecule has 0 spiro atoms. The van der Waals surface area contributed by atoms with E-state index in [2.05, 4.69) is 33.8 Å². The van der Waals surface area contributed by atoms with Crippen LogP contribution >= 0.6 is 0 Å². The molecule has 0 unspecified atom stereocenters. The van der Waals surface area contributed by atoms with Crippen LogP contribution in [0.25, 0.3) is 21.8 Å². The number of para-hydroxylation sites is 1. The number of nitrogens with two attached hydrogens (primary N) is 1. The van der Waals surface area contributed by atoms with Crippen LogP contribution in [0.3, 0.4) is 0 Å². The van der Waals surface area contributed by atoms with Crippen molar-refractivity contribution >= 4 is 27.5 Å². The Morgan fingerprint density at radius 3 is 2.65 bits per heavy atom. The normalized spacial score (nSPS) is 12.3. The molecule has 2 heterocycles. The third kappa shape index (κ3) is 2.74. The summed E-state index contributed by atoms with van der Waals surface area (Å²) in [5, 5.41) is 12.0. The Labute approximate surface area is 136 Å². The molecule has 0 aliphatic rings. The second-order valence-electron chi connectivity index (χ2n) is 7.48. The third-order valence-electron chi connectivity index (χ3n) is 4.13. The van der Waals surface area contributed by atoms with Gasteiger partial charge in [-0.15, -0.1) is 0 Å². The van der Waals surface area contributed by atoms with E-state index in [1.807, 2.05) is 22.9 Å². The van der Waals surface area contributed by atoms with Crippen LogP contribution < -0.4 is 5.73 Å². The lowest BCUT2D eigenvalue weighted by Crippen LogP contribution is -2.10. The molecule has 0 aliphatic carbocycles. The maximum atomic E-state index is 10.5. The van der Waals surface area contributed by atoms with Crippen molar-refractivity contribution < 1.29 is 5.11 Å². The molecule has 2 aromatic heterocycles. The first-order valence-corrected chi connectivity index (χ1v) is 8.20. The molecule has 0 atom stereocenters. The van der Waals surface area contributed by atoms with E-state index in [1.54, 1.807) is 0 Å². The van der Waals surface area contributed by atoms with E-state index in [0.29, 0.717) is 11.1 Å². The summed E-state index contributed by atoms with van der Waals surface area (Å²) in [4.78, 5) is 4.83. The molecule has 4 heteroatoms. The van der Waals surface area contributed by atoms with Crippen molar-refractivity contribution in [2.24, 2.45) is 5.41 Å². The number of fused-ring (bicyclic) bond motifs is 2. The Balaban J connectivity index is 2.30. The number of nitrogens with zero attached hydrogens (tertiary/aromatic N) is 2. The molecule has 3 rings (SSSR count). The molecule has 4 nitrogen and oxygen atoms in total. The SMILES string of the molecule is CCCn1cc2nc3c(CC(C)(C)C)cccc3c(N)c2c1O. The summed E-state index contributed by atoms with van der Waals surface area (Å²) in [6.07, 6.45) is 3.78. The molecule has 0 bridgehead atoms. The molecule has 3 N–H and O–H groups in total. The van der Waals surface area contributed by atoms with Crippen LogP contribution in [-0.4, -0.2) is 14.7 Å². The van der Waals surface area contributed by atoms with Crippen LogP contribution in [0.2, 0.25) is 0 Å². The Hall–Kier alpha value is -2.23. The van der Waals surface area contributed by atoms with Crippen molar-refractivity contribution in [3.63, 3.8) is 0 Å². The van der Waals surface area contributed by atoms with E-state index in [9.17, 15) is 5.11 Å². The molecule has 0 saturated carbocycles. The highest BCUT2D eigenvalue weighted by molar-refractivity contribution is 6.09. The van der Waals surface area contributed by atoms with Crippen LogP contribution in [0.4, 0.5) is 5.69 Å². The van der Waals surface area contributed by atoms with Crippen molar-refractivity contribution in [2.45, 2.75) is 47.1 Å². The highest BCUT2D eigenvalue weighted by atomic mass is 16.3. The Morgan fingerprint density at radius 2 is 2.00 bits per heavy atom. The number of hydrogen-bond donors (Lipinski definition) is 2. The Morgan fingerprint density at radius 1 is 1.26 bits per heavy atom. The van der Waals surface area contributed by atoms with Gasteiger partial charge in [-0.05, 0) is 23.8 Å². The molecular formula is C19H25N3O. The zero-order valence-corrected chi connectivity index (χ0v) is 14.3. The number of pyridine rings is 1. The average Bonchev–Trinajstić information content (AvgIpc) is 2.76. The van der Waals surface area contributed by atoms with E-state index in [1.165, 1.54) is 5.56 Å². The number of aromatic nitrogens is 2. The summed E-state index contributed by atoms with van der Waals surface area (Å²) in [6.45, 7) is 9.50. The molecule has 0 saturated heterocycles. The summed E-state index contributed by atoms with van der Waals surface area (Å²) < 4.78 is 1.83. The third-order valence-corrected chi connectivity index (χ3v) is 4.13. The van der Waals surface area contributed by atoms with Crippen molar-refractivity contribution in [1.29, 1.82) is 0 Å². The largest absolute Gasteiger partial charge is 0.494 e. The first-order valence-electron chi connectivity index (χ1n) is 8.20. The van der Waals surface area contributed by atoms with Crippen LogP contribution in [0.1, 0.15) is 39.7 Å². The maximum absolute atomic E-state index is 10.5. The van der Waals surface area contributed by atoms with Crippen molar-refractivity contribution in [3.05, 3.63) is 30.0 Å². The summed E-state index contributed by atoms with van der Waals surface area (Å²) >= 11 is 0. The fourth-order valence-electron chi connectivity index (χ4n) is 3.20. The zero-order chi connectivity index (χ0) is 16.8. The molecule has 1 aromatic carbocycles. The standard InChI is InChI=1S/C19H25N3O/c1-5-9-22-11-14-15(18(22)23)16(20)13-8-6-7-12(17(13)21-14)10-19(2,3)4/h6-8,11,23H,5,9-10,20H2,1-4H3. The fraction of sp³-hybridized carbons (Fsp3) is 0.421.